The molecule has 0 unspecified atom stereocenters. The third kappa shape index (κ3) is 3.73. The van der Waals surface area contributed by atoms with Crippen LogP contribution in [0.3, 0.4) is 0 Å². The summed E-state index contributed by atoms with van der Waals surface area (Å²) in [5, 5.41) is 19.9. The average molecular weight is 295 g/mol. The lowest BCUT2D eigenvalue weighted by Crippen LogP contribution is -2.40. The molecule has 0 radical (unpaired) electrons. The maximum atomic E-state index is 12.2. The van der Waals surface area contributed by atoms with Gasteiger partial charge in [0.25, 0.3) is 5.91 Å². The van der Waals surface area contributed by atoms with E-state index in [0.717, 1.165) is 12.8 Å². The molecule has 0 saturated carbocycles. The van der Waals surface area contributed by atoms with Crippen LogP contribution in [0.2, 0.25) is 0 Å². The van der Waals surface area contributed by atoms with Crippen molar-refractivity contribution in [3.63, 3.8) is 0 Å². The SMILES string of the molecule is C/C=C/CCC[C@H](C)/C(O)=C1\C(=O)[C@H]([C@@H](C)O)N(C)C1=O. The standard InChI is InChI=1S/C16H25NO4/c1-5-6-7-8-9-10(2)14(19)12-15(20)13(11(3)18)17(4)16(12)21/h5-6,10-11,13,18-19H,7-9H2,1-4H3/b6-5+,14-12-/t10-,11+,13-/m0/s1. The molecule has 1 fully saturated rings. The summed E-state index contributed by atoms with van der Waals surface area (Å²) >= 11 is 0. The summed E-state index contributed by atoms with van der Waals surface area (Å²) in [6, 6.07) is -0.898. The first kappa shape index (κ1) is 17.4. The zero-order valence-corrected chi connectivity index (χ0v) is 13.2. The number of rotatable bonds is 6. The number of hydrogen-bond donors (Lipinski definition) is 2. The van der Waals surface area contributed by atoms with Crippen LogP contribution in [0.15, 0.2) is 23.5 Å². The molecule has 0 aromatic heterocycles. The van der Waals surface area contributed by atoms with Gasteiger partial charge in [-0.25, -0.2) is 0 Å². The van der Waals surface area contributed by atoms with Crippen molar-refractivity contribution in [1.82, 2.24) is 4.90 Å². The van der Waals surface area contributed by atoms with E-state index >= 15 is 0 Å². The predicted octanol–water partition coefficient (Wildman–Crippen LogP) is 1.97. The summed E-state index contributed by atoms with van der Waals surface area (Å²) in [5.41, 5.74) is -0.165. The van der Waals surface area contributed by atoms with Gasteiger partial charge >= 0.3 is 0 Å². The van der Waals surface area contributed by atoms with Crippen molar-refractivity contribution >= 4 is 11.7 Å². The van der Waals surface area contributed by atoms with E-state index < -0.39 is 23.8 Å². The van der Waals surface area contributed by atoms with E-state index in [1.165, 1.54) is 18.9 Å². The van der Waals surface area contributed by atoms with Crippen LogP contribution in [0, 0.1) is 5.92 Å². The van der Waals surface area contributed by atoms with Gasteiger partial charge in [0.05, 0.1) is 6.10 Å². The number of likely N-dealkylation sites (tertiary alicyclic amines) is 1. The molecule has 3 atom stereocenters. The highest BCUT2D eigenvalue weighted by Crippen LogP contribution is 2.28. The van der Waals surface area contributed by atoms with Crippen molar-refractivity contribution in [2.24, 2.45) is 5.92 Å². The number of ketones is 1. The quantitative estimate of drug-likeness (QED) is 0.258. The Kier molecular flexibility index (Phi) is 6.15. The fourth-order valence-corrected chi connectivity index (χ4v) is 2.60. The van der Waals surface area contributed by atoms with Crippen LogP contribution in [0.5, 0.6) is 0 Å². The van der Waals surface area contributed by atoms with Crippen LogP contribution in [0.4, 0.5) is 0 Å². The van der Waals surface area contributed by atoms with Crippen LogP contribution in [0.1, 0.15) is 40.0 Å². The van der Waals surface area contributed by atoms with Crippen LogP contribution in [-0.4, -0.2) is 46.0 Å². The Hall–Kier alpha value is -1.62. The summed E-state index contributed by atoms with van der Waals surface area (Å²) in [6.45, 7) is 5.21. The molecule has 0 aromatic carbocycles. The van der Waals surface area contributed by atoms with Crippen molar-refractivity contribution in [3.8, 4) is 0 Å². The first-order chi connectivity index (χ1) is 9.82. The number of nitrogens with zero attached hydrogens (tertiary/aromatic N) is 1. The van der Waals surface area contributed by atoms with Gasteiger partial charge in [-0.15, -0.1) is 0 Å². The third-order valence-corrected chi connectivity index (χ3v) is 3.89. The number of aliphatic hydroxyl groups is 2. The van der Waals surface area contributed by atoms with E-state index in [1.54, 1.807) is 6.92 Å². The molecule has 0 aromatic rings. The van der Waals surface area contributed by atoms with Gasteiger partial charge in [0.1, 0.15) is 17.4 Å². The van der Waals surface area contributed by atoms with E-state index in [-0.39, 0.29) is 17.3 Å². The average Bonchev–Trinajstić information content (AvgIpc) is 2.64. The molecular weight excluding hydrogens is 270 g/mol. The summed E-state index contributed by atoms with van der Waals surface area (Å²) in [7, 11) is 1.47. The lowest BCUT2D eigenvalue weighted by Gasteiger charge is -2.19. The minimum absolute atomic E-state index is 0.152. The molecule has 0 aliphatic carbocycles. The number of Topliss-reactive ketones (excluding diaryl/α,β-unsaturated/α-hetero) is 1. The van der Waals surface area contributed by atoms with E-state index in [0.29, 0.717) is 6.42 Å². The lowest BCUT2D eigenvalue weighted by molar-refractivity contribution is -0.128. The van der Waals surface area contributed by atoms with Crippen molar-refractivity contribution in [3.05, 3.63) is 23.5 Å². The zero-order valence-electron chi connectivity index (χ0n) is 13.2. The molecule has 1 amide bonds. The van der Waals surface area contributed by atoms with Crippen molar-refractivity contribution in [2.45, 2.75) is 52.2 Å². The molecule has 2 N–H and O–H groups in total. The van der Waals surface area contributed by atoms with Crippen LogP contribution in [0.25, 0.3) is 0 Å². The largest absolute Gasteiger partial charge is 0.511 e. The maximum absolute atomic E-state index is 12.2. The van der Waals surface area contributed by atoms with E-state index in [2.05, 4.69) is 0 Å². The van der Waals surface area contributed by atoms with E-state index in [1.807, 2.05) is 19.1 Å². The minimum Gasteiger partial charge on any atom is -0.511 e. The highest BCUT2D eigenvalue weighted by molar-refractivity contribution is 6.26. The van der Waals surface area contributed by atoms with Gasteiger partial charge in [-0.1, -0.05) is 19.1 Å². The molecule has 21 heavy (non-hydrogen) atoms. The molecule has 1 aliphatic heterocycles. The van der Waals surface area contributed by atoms with E-state index in [9.17, 15) is 19.8 Å². The maximum Gasteiger partial charge on any atom is 0.261 e. The van der Waals surface area contributed by atoms with Gasteiger partial charge in [0.15, 0.2) is 5.78 Å². The Balaban J connectivity index is 2.89. The number of aliphatic hydroxyl groups excluding tert-OH is 2. The molecule has 5 nitrogen and oxygen atoms in total. The molecule has 1 rings (SSSR count). The first-order valence-corrected chi connectivity index (χ1v) is 7.36. The van der Waals surface area contributed by atoms with Crippen molar-refractivity contribution < 1.29 is 19.8 Å². The molecule has 5 heteroatoms. The fraction of sp³-hybridized carbons (Fsp3) is 0.625. The van der Waals surface area contributed by atoms with Gasteiger partial charge in [-0.2, -0.15) is 0 Å². The number of amides is 1. The third-order valence-electron chi connectivity index (χ3n) is 3.89. The number of carbonyl (C=O) groups excluding carboxylic acids is 2. The normalized spacial score (nSPS) is 24.8. The second-order valence-corrected chi connectivity index (χ2v) is 5.63. The van der Waals surface area contributed by atoms with Gasteiger partial charge in [0.2, 0.25) is 0 Å². The fourth-order valence-electron chi connectivity index (χ4n) is 2.60. The Morgan fingerprint density at radius 1 is 1.38 bits per heavy atom. The van der Waals surface area contributed by atoms with Crippen LogP contribution < -0.4 is 0 Å². The first-order valence-electron chi connectivity index (χ1n) is 7.36. The molecule has 1 heterocycles. The minimum atomic E-state index is -0.957. The van der Waals surface area contributed by atoms with Gasteiger partial charge in [-0.3, -0.25) is 9.59 Å². The number of likely N-dealkylation sites (N-methyl/N-ethyl adjacent to an activating group) is 1. The molecule has 0 spiro atoms. The molecule has 1 aliphatic rings. The Morgan fingerprint density at radius 3 is 2.48 bits per heavy atom. The number of hydrogen-bond acceptors (Lipinski definition) is 4. The summed E-state index contributed by atoms with van der Waals surface area (Å²) in [5.74, 6) is -1.40. The highest BCUT2D eigenvalue weighted by atomic mass is 16.3. The lowest BCUT2D eigenvalue weighted by atomic mass is 9.95. The summed E-state index contributed by atoms with van der Waals surface area (Å²) in [6.07, 6.45) is 5.53. The molecule has 1 saturated heterocycles. The Labute approximate surface area is 125 Å². The Morgan fingerprint density at radius 2 is 2.00 bits per heavy atom. The Bertz CT molecular complexity index is 465. The van der Waals surface area contributed by atoms with Gasteiger partial charge < -0.3 is 15.1 Å². The van der Waals surface area contributed by atoms with Crippen LogP contribution >= 0.6 is 0 Å². The smallest absolute Gasteiger partial charge is 0.261 e. The molecule has 118 valence electrons. The monoisotopic (exact) mass is 295 g/mol. The van der Waals surface area contributed by atoms with Gasteiger partial charge in [0, 0.05) is 13.0 Å². The topological polar surface area (TPSA) is 77.8 Å². The zero-order chi connectivity index (χ0) is 16.2. The second kappa shape index (κ2) is 7.41. The van der Waals surface area contributed by atoms with E-state index in [4.69, 9.17) is 0 Å². The van der Waals surface area contributed by atoms with Crippen molar-refractivity contribution in [2.75, 3.05) is 7.05 Å². The number of allylic oxidation sites excluding steroid dienone is 3. The number of carbonyl (C=O) groups is 2. The second-order valence-electron chi connectivity index (χ2n) is 5.63. The van der Waals surface area contributed by atoms with Crippen molar-refractivity contribution in [1.29, 1.82) is 0 Å². The summed E-state index contributed by atoms with van der Waals surface area (Å²) < 4.78 is 0. The highest BCUT2D eigenvalue weighted by Gasteiger charge is 2.45. The number of unbranched alkanes of at least 4 members (excludes halogenated alkanes) is 1. The predicted molar refractivity (Wildman–Crippen MR) is 80.7 cm³/mol. The summed E-state index contributed by atoms with van der Waals surface area (Å²) in [4.78, 5) is 25.6. The van der Waals surface area contributed by atoms with Gasteiger partial charge in [-0.05, 0) is 33.1 Å². The van der Waals surface area contributed by atoms with Crippen LogP contribution in [-0.2, 0) is 9.59 Å². The molecule has 0 bridgehead atoms. The molecular formula is C16H25NO4.